The summed E-state index contributed by atoms with van der Waals surface area (Å²) in [6.45, 7) is 2.34. The lowest BCUT2D eigenvalue weighted by atomic mass is 9.96. The number of anilines is 1. The molecule has 2 aromatic carbocycles. The minimum absolute atomic E-state index is 0.0379. The number of tetrazole rings is 1. The van der Waals surface area contributed by atoms with Gasteiger partial charge in [-0.2, -0.15) is 0 Å². The van der Waals surface area contributed by atoms with E-state index in [1.807, 2.05) is 49.4 Å². The third-order valence-electron chi connectivity index (χ3n) is 4.31. The van der Waals surface area contributed by atoms with Gasteiger partial charge < -0.3 is 10.1 Å². The molecule has 1 N–H and O–H groups in total. The molecule has 126 valence electrons. The van der Waals surface area contributed by atoms with Crippen molar-refractivity contribution >= 4 is 11.6 Å². The van der Waals surface area contributed by atoms with Crippen LogP contribution in [0.4, 0.5) is 5.69 Å². The van der Waals surface area contributed by atoms with Crippen molar-refractivity contribution in [2.75, 3.05) is 11.9 Å². The lowest BCUT2D eigenvalue weighted by molar-refractivity contribution is -0.121. The Bertz CT molecular complexity index is 908. The second-order valence-electron chi connectivity index (χ2n) is 6.06. The maximum absolute atomic E-state index is 12.6. The molecule has 1 atom stereocenters. The molecular weight excluding hydrogens is 318 g/mol. The number of benzene rings is 2. The number of carbonyl (C=O) groups is 1. The highest BCUT2D eigenvalue weighted by atomic mass is 16.5. The molecule has 1 amide bonds. The average molecular weight is 335 g/mol. The van der Waals surface area contributed by atoms with E-state index in [4.69, 9.17) is 4.74 Å². The van der Waals surface area contributed by atoms with Crippen molar-refractivity contribution in [1.29, 1.82) is 0 Å². The van der Waals surface area contributed by atoms with E-state index < -0.39 is 0 Å². The van der Waals surface area contributed by atoms with Gasteiger partial charge in [-0.25, -0.2) is 4.68 Å². The van der Waals surface area contributed by atoms with E-state index in [1.54, 1.807) is 4.68 Å². The molecule has 1 unspecified atom stereocenters. The highest BCUT2D eigenvalue weighted by Gasteiger charge is 2.25. The molecule has 4 rings (SSSR count). The van der Waals surface area contributed by atoms with Crippen LogP contribution in [0, 0.1) is 12.8 Å². The first-order valence-corrected chi connectivity index (χ1v) is 8.06. The SMILES string of the molecule is Cc1cc(NC(=O)C2COc3ccccc3C2)ccc1-n1cnnn1. The van der Waals surface area contributed by atoms with E-state index in [2.05, 4.69) is 20.8 Å². The number of aryl methyl sites for hydroxylation is 1. The van der Waals surface area contributed by atoms with Crippen molar-refractivity contribution in [2.24, 2.45) is 5.92 Å². The molecule has 0 saturated carbocycles. The van der Waals surface area contributed by atoms with Crippen LogP contribution in [0.5, 0.6) is 5.75 Å². The lowest BCUT2D eigenvalue weighted by Crippen LogP contribution is -2.32. The molecule has 7 nitrogen and oxygen atoms in total. The predicted octanol–water partition coefficient (Wildman–Crippen LogP) is 2.16. The maximum atomic E-state index is 12.6. The molecule has 2 heterocycles. The fourth-order valence-electron chi connectivity index (χ4n) is 3.00. The molecule has 0 fully saturated rings. The van der Waals surface area contributed by atoms with Gasteiger partial charge in [0.05, 0.1) is 11.6 Å². The lowest BCUT2D eigenvalue weighted by Gasteiger charge is -2.24. The molecule has 1 aliphatic heterocycles. The minimum atomic E-state index is -0.200. The summed E-state index contributed by atoms with van der Waals surface area (Å²) in [7, 11) is 0. The second kappa shape index (κ2) is 6.35. The van der Waals surface area contributed by atoms with Gasteiger partial charge in [0, 0.05) is 5.69 Å². The van der Waals surface area contributed by atoms with Crippen molar-refractivity contribution < 1.29 is 9.53 Å². The van der Waals surface area contributed by atoms with E-state index in [9.17, 15) is 4.79 Å². The number of aromatic nitrogens is 4. The normalized spacial score (nSPS) is 16.0. The number of hydrogen-bond acceptors (Lipinski definition) is 5. The molecule has 0 aliphatic carbocycles. The summed E-state index contributed by atoms with van der Waals surface area (Å²) in [5.74, 6) is 0.631. The number of carbonyl (C=O) groups excluding carboxylic acids is 1. The van der Waals surface area contributed by atoms with E-state index in [0.717, 1.165) is 28.3 Å². The Balaban J connectivity index is 1.47. The van der Waals surface area contributed by atoms with Gasteiger partial charge in [0.2, 0.25) is 5.91 Å². The average Bonchev–Trinajstić information content (AvgIpc) is 3.15. The first-order valence-electron chi connectivity index (χ1n) is 8.06. The first kappa shape index (κ1) is 15.3. The van der Waals surface area contributed by atoms with Gasteiger partial charge in [-0.05, 0) is 59.2 Å². The Morgan fingerprint density at radius 3 is 2.96 bits per heavy atom. The van der Waals surface area contributed by atoms with Crippen molar-refractivity contribution in [3.05, 3.63) is 59.9 Å². The van der Waals surface area contributed by atoms with E-state index in [-0.39, 0.29) is 11.8 Å². The summed E-state index contributed by atoms with van der Waals surface area (Å²) in [4.78, 5) is 12.6. The van der Waals surface area contributed by atoms with E-state index in [1.165, 1.54) is 6.33 Å². The van der Waals surface area contributed by atoms with Crippen molar-refractivity contribution in [2.45, 2.75) is 13.3 Å². The maximum Gasteiger partial charge on any atom is 0.231 e. The zero-order valence-electron chi connectivity index (χ0n) is 13.7. The topological polar surface area (TPSA) is 81.9 Å². The number of para-hydroxylation sites is 1. The fourth-order valence-corrected chi connectivity index (χ4v) is 3.00. The summed E-state index contributed by atoms with van der Waals surface area (Å²) >= 11 is 0. The number of nitrogens with one attached hydrogen (secondary N) is 1. The summed E-state index contributed by atoms with van der Waals surface area (Å²) in [5, 5.41) is 14.1. The molecule has 1 aliphatic rings. The quantitative estimate of drug-likeness (QED) is 0.793. The van der Waals surface area contributed by atoms with Gasteiger partial charge in [0.1, 0.15) is 18.7 Å². The van der Waals surface area contributed by atoms with Gasteiger partial charge in [-0.15, -0.1) is 5.10 Å². The summed E-state index contributed by atoms with van der Waals surface area (Å²) in [6.07, 6.45) is 2.22. The van der Waals surface area contributed by atoms with Gasteiger partial charge in [0.15, 0.2) is 0 Å². The van der Waals surface area contributed by atoms with Gasteiger partial charge in [-0.3, -0.25) is 4.79 Å². The van der Waals surface area contributed by atoms with Crippen LogP contribution in [0.1, 0.15) is 11.1 Å². The fraction of sp³-hybridized carbons (Fsp3) is 0.222. The first-order chi connectivity index (χ1) is 12.2. The zero-order chi connectivity index (χ0) is 17.2. The summed E-state index contributed by atoms with van der Waals surface area (Å²) < 4.78 is 7.29. The predicted molar refractivity (Wildman–Crippen MR) is 91.7 cm³/mol. The Morgan fingerprint density at radius 2 is 2.16 bits per heavy atom. The summed E-state index contributed by atoms with van der Waals surface area (Å²) in [6, 6.07) is 13.5. The van der Waals surface area contributed by atoms with Crippen molar-refractivity contribution in [1.82, 2.24) is 20.2 Å². The van der Waals surface area contributed by atoms with Crippen LogP contribution < -0.4 is 10.1 Å². The van der Waals surface area contributed by atoms with Crippen LogP contribution in [-0.4, -0.2) is 32.7 Å². The molecule has 7 heteroatoms. The monoisotopic (exact) mass is 335 g/mol. The highest BCUT2D eigenvalue weighted by Crippen LogP contribution is 2.27. The smallest absolute Gasteiger partial charge is 0.231 e. The van der Waals surface area contributed by atoms with Gasteiger partial charge in [0.25, 0.3) is 0 Å². The Hall–Kier alpha value is -3.22. The zero-order valence-corrected chi connectivity index (χ0v) is 13.7. The summed E-state index contributed by atoms with van der Waals surface area (Å²) in [5.41, 5.74) is 3.66. The van der Waals surface area contributed by atoms with Crippen LogP contribution in [0.25, 0.3) is 5.69 Å². The van der Waals surface area contributed by atoms with E-state index >= 15 is 0 Å². The Kier molecular flexibility index (Phi) is 3.89. The Morgan fingerprint density at radius 1 is 1.28 bits per heavy atom. The number of rotatable bonds is 3. The number of fused-ring (bicyclic) bond motifs is 1. The molecule has 3 aromatic rings. The van der Waals surface area contributed by atoms with Gasteiger partial charge >= 0.3 is 0 Å². The van der Waals surface area contributed by atoms with Crippen LogP contribution in [-0.2, 0) is 11.2 Å². The van der Waals surface area contributed by atoms with E-state index in [0.29, 0.717) is 13.0 Å². The number of hydrogen-bond donors (Lipinski definition) is 1. The molecule has 1 aromatic heterocycles. The molecular formula is C18H17N5O2. The Labute approximate surface area is 144 Å². The molecule has 0 saturated heterocycles. The molecule has 25 heavy (non-hydrogen) atoms. The van der Waals surface area contributed by atoms with Crippen LogP contribution in [0.2, 0.25) is 0 Å². The second-order valence-corrected chi connectivity index (χ2v) is 6.06. The largest absolute Gasteiger partial charge is 0.492 e. The highest BCUT2D eigenvalue weighted by molar-refractivity contribution is 5.93. The number of ether oxygens (including phenoxy) is 1. The molecule has 0 bridgehead atoms. The van der Waals surface area contributed by atoms with Crippen LogP contribution in [0.15, 0.2) is 48.8 Å². The molecule has 0 spiro atoms. The molecule has 0 radical (unpaired) electrons. The van der Waals surface area contributed by atoms with Gasteiger partial charge in [-0.1, -0.05) is 18.2 Å². The van der Waals surface area contributed by atoms with Crippen LogP contribution >= 0.6 is 0 Å². The third kappa shape index (κ3) is 3.08. The van der Waals surface area contributed by atoms with Crippen LogP contribution in [0.3, 0.4) is 0 Å². The standard InChI is InChI=1S/C18H17N5O2/c1-12-8-15(6-7-16(12)23-11-19-21-22-23)20-18(24)14-9-13-4-2-3-5-17(13)25-10-14/h2-8,11,14H,9-10H2,1H3,(H,20,24). The number of nitrogens with zero attached hydrogens (tertiary/aromatic N) is 4. The van der Waals surface area contributed by atoms with Crippen molar-refractivity contribution in [3.63, 3.8) is 0 Å². The number of amides is 1. The minimum Gasteiger partial charge on any atom is -0.492 e. The third-order valence-corrected chi connectivity index (χ3v) is 4.31. The van der Waals surface area contributed by atoms with Crippen molar-refractivity contribution in [3.8, 4) is 11.4 Å².